The SMILES string of the molecule is COC(=O)c1ccc2nc(Cc3ccc(-c4cccc5c4OC(C)(c4ccc(Cl)cc4F)O5)c4c3CCO4)n(C[C@@H]3CCO3)c2c1. The summed E-state index contributed by atoms with van der Waals surface area (Å²) in [5.41, 5.74) is 6.29. The van der Waals surface area contributed by atoms with Crippen molar-refractivity contribution in [2.75, 3.05) is 20.3 Å². The number of para-hydroxylation sites is 1. The minimum atomic E-state index is -1.37. The van der Waals surface area contributed by atoms with E-state index in [1.54, 1.807) is 25.1 Å². The number of esters is 1. The molecule has 1 aromatic heterocycles. The van der Waals surface area contributed by atoms with E-state index in [1.807, 2.05) is 36.4 Å². The normalized spacial score (nSPS) is 19.5. The molecular weight excluding hydrogens is 611 g/mol. The average Bonchev–Trinajstić information content (AvgIpc) is 3.74. The third-order valence-electron chi connectivity index (χ3n) is 9.02. The molecule has 1 fully saturated rings. The molecule has 234 valence electrons. The van der Waals surface area contributed by atoms with E-state index < -0.39 is 11.6 Å². The van der Waals surface area contributed by atoms with Gasteiger partial charge in [0.1, 0.15) is 17.4 Å². The zero-order chi connectivity index (χ0) is 31.6. The first-order chi connectivity index (χ1) is 22.3. The predicted octanol–water partition coefficient (Wildman–Crippen LogP) is 7.24. The molecule has 0 bridgehead atoms. The number of carbonyl (C=O) groups is 1. The molecule has 10 heteroatoms. The van der Waals surface area contributed by atoms with Crippen LogP contribution in [0.5, 0.6) is 17.2 Å². The lowest BCUT2D eigenvalue weighted by atomic mass is 9.94. The van der Waals surface area contributed by atoms with Gasteiger partial charge in [-0.05, 0) is 54.4 Å². The molecule has 1 saturated heterocycles. The minimum Gasteiger partial charge on any atom is -0.492 e. The first kappa shape index (κ1) is 28.8. The number of imidazole rings is 1. The third-order valence-corrected chi connectivity index (χ3v) is 9.26. The summed E-state index contributed by atoms with van der Waals surface area (Å²) in [5.74, 6) is 0.452. The van der Waals surface area contributed by atoms with Gasteiger partial charge in [0.2, 0.25) is 0 Å². The molecule has 0 spiro atoms. The lowest BCUT2D eigenvalue weighted by Crippen LogP contribution is -2.32. The quantitative estimate of drug-likeness (QED) is 0.174. The van der Waals surface area contributed by atoms with Gasteiger partial charge in [0.05, 0.1) is 48.5 Å². The second-order valence-corrected chi connectivity index (χ2v) is 12.3. The first-order valence-corrected chi connectivity index (χ1v) is 15.6. The number of hydrogen-bond donors (Lipinski definition) is 0. The maximum atomic E-state index is 15.0. The molecule has 0 saturated carbocycles. The average molecular weight is 641 g/mol. The molecule has 2 atom stereocenters. The smallest absolute Gasteiger partial charge is 0.337 e. The summed E-state index contributed by atoms with van der Waals surface area (Å²) in [6, 6.07) is 19.7. The Hall–Kier alpha value is -4.60. The molecule has 3 aliphatic rings. The lowest BCUT2D eigenvalue weighted by Gasteiger charge is -2.27. The Balaban J connectivity index is 1.16. The fraction of sp³-hybridized carbons (Fsp3) is 0.278. The van der Waals surface area contributed by atoms with Gasteiger partial charge < -0.3 is 28.3 Å². The largest absolute Gasteiger partial charge is 0.492 e. The summed E-state index contributed by atoms with van der Waals surface area (Å²) in [6.45, 7) is 3.64. The van der Waals surface area contributed by atoms with Gasteiger partial charge >= 0.3 is 5.97 Å². The van der Waals surface area contributed by atoms with Crippen LogP contribution < -0.4 is 14.2 Å². The molecule has 4 aromatic carbocycles. The molecule has 0 amide bonds. The summed E-state index contributed by atoms with van der Waals surface area (Å²) >= 11 is 6.00. The topological polar surface area (TPSA) is 81.0 Å². The highest BCUT2D eigenvalue weighted by Gasteiger charge is 2.42. The number of rotatable bonds is 7. The van der Waals surface area contributed by atoms with Gasteiger partial charge in [-0.3, -0.25) is 0 Å². The highest BCUT2D eigenvalue weighted by atomic mass is 35.5. The number of carbonyl (C=O) groups excluding carboxylic acids is 1. The molecule has 1 unspecified atom stereocenters. The van der Waals surface area contributed by atoms with Crippen LogP contribution in [0.3, 0.4) is 0 Å². The van der Waals surface area contributed by atoms with Crippen molar-refractivity contribution in [3.63, 3.8) is 0 Å². The van der Waals surface area contributed by atoms with Crippen molar-refractivity contribution in [3.05, 3.63) is 106 Å². The second kappa shape index (κ2) is 11.0. The van der Waals surface area contributed by atoms with Gasteiger partial charge in [-0.25, -0.2) is 14.2 Å². The molecule has 4 heterocycles. The van der Waals surface area contributed by atoms with Crippen LogP contribution in [0.2, 0.25) is 5.02 Å². The van der Waals surface area contributed by atoms with Crippen molar-refractivity contribution in [3.8, 4) is 28.4 Å². The van der Waals surface area contributed by atoms with Crippen molar-refractivity contribution < 1.29 is 32.9 Å². The first-order valence-electron chi connectivity index (χ1n) is 15.2. The lowest BCUT2D eigenvalue weighted by molar-refractivity contribution is -0.0705. The summed E-state index contributed by atoms with van der Waals surface area (Å²) in [4.78, 5) is 17.3. The Morgan fingerprint density at radius 2 is 1.91 bits per heavy atom. The number of hydrogen-bond acceptors (Lipinski definition) is 7. The fourth-order valence-corrected chi connectivity index (χ4v) is 6.76. The van der Waals surface area contributed by atoms with Gasteiger partial charge in [-0.2, -0.15) is 0 Å². The Kier molecular flexibility index (Phi) is 6.92. The van der Waals surface area contributed by atoms with E-state index in [2.05, 4.69) is 10.6 Å². The van der Waals surface area contributed by atoms with Crippen LogP contribution in [0.25, 0.3) is 22.2 Å². The summed E-state index contributed by atoms with van der Waals surface area (Å²) in [7, 11) is 1.38. The van der Waals surface area contributed by atoms with Gasteiger partial charge in [-0.15, -0.1) is 0 Å². The van der Waals surface area contributed by atoms with E-state index >= 15 is 0 Å². The van der Waals surface area contributed by atoms with E-state index in [-0.39, 0.29) is 17.6 Å². The predicted molar refractivity (Wildman–Crippen MR) is 169 cm³/mol. The molecule has 0 N–H and O–H groups in total. The zero-order valence-corrected chi connectivity index (χ0v) is 26.0. The molecule has 46 heavy (non-hydrogen) atoms. The summed E-state index contributed by atoms with van der Waals surface area (Å²) in [6.07, 6.45) is 2.40. The van der Waals surface area contributed by atoms with E-state index in [0.29, 0.717) is 41.7 Å². The molecular formula is C36H30ClFN2O6. The Labute approximate surface area is 269 Å². The second-order valence-electron chi connectivity index (χ2n) is 11.9. The molecule has 0 aliphatic carbocycles. The molecule has 3 aliphatic heterocycles. The van der Waals surface area contributed by atoms with Crippen molar-refractivity contribution >= 4 is 28.6 Å². The number of aromatic nitrogens is 2. The minimum absolute atomic E-state index is 0.101. The van der Waals surface area contributed by atoms with Crippen LogP contribution in [0.15, 0.2) is 66.7 Å². The fourth-order valence-electron chi connectivity index (χ4n) is 6.61. The number of methoxy groups -OCH3 is 1. The van der Waals surface area contributed by atoms with Gasteiger partial charge in [0, 0.05) is 48.1 Å². The van der Waals surface area contributed by atoms with Crippen molar-refractivity contribution in [2.45, 2.75) is 44.6 Å². The van der Waals surface area contributed by atoms with Crippen molar-refractivity contribution in [1.29, 1.82) is 0 Å². The Morgan fingerprint density at radius 3 is 2.70 bits per heavy atom. The number of benzene rings is 4. The maximum absolute atomic E-state index is 15.0. The van der Waals surface area contributed by atoms with Crippen molar-refractivity contribution in [2.24, 2.45) is 0 Å². The summed E-state index contributed by atoms with van der Waals surface area (Å²) < 4.78 is 46.7. The van der Waals surface area contributed by atoms with Gasteiger partial charge in [-0.1, -0.05) is 35.9 Å². The van der Waals surface area contributed by atoms with Crippen LogP contribution in [-0.4, -0.2) is 41.9 Å². The molecule has 5 aromatic rings. The zero-order valence-electron chi connectivity index (χ0n) is 25.3. The maximum Gasteiger partial charge on any atom is 0.337 e. The number of fused-ring (bicyclic) bond motifs is 3. The van der Waals surface area contributed by atoms with Crippen LogP contribution in [0.1, 0.15) is 46.2 Å². The molecule has 8 nitrogen and oxygen atoms in total. The molecule has 0 radical (unpaired) electrons. The number of nitrogens with zero attached hydrogens (tertiary/aromatic N) is 2. The van der Waals surface area contributed by atoms with Crippen LogP contribution >= 0.6 is 11.6 Å². The standard InChI is InChI=1S/C36H30ClFN2O6/c1-36(27-10-8-22(37)18-28(27)38)45-31-5-3-4-25(34(31)46-36)26-9-6-20(24-13-15-44-33(24)26)17-32-39-29-11-7-21(35(41)42-2)16-30(29)40(32)19-23-12-14-43-23/h3-11,16,18,23H,12-15,17,19H2,1-2H3/t23-,36?/m0/s1. The highest BCUT2D eigenvalue weighted by Crippen LogP contribution is 2.52. The third kappa shape index (κ3) is 4.77. The number of halogens is 2. The van der Waals surface area contributed by atoms with E-state index in [1.165, 1.54) is 13.2 Å². The number of ether oxygens (including phenoxy) is 5. The van der Waals surface area contributed by atoms with E-state index in [9.17, 15) is 9.18 Å². The van der Waals surface area contributed by atoms with Gasteiger partial charge in [0.25, 0.3) is 5.79 Å². The van der Waals surface area contributed by atoms with Crippen LogP contribution in [0, 0.1) is 5.82 Å². The van der Waals surface area contributed by atoms with E-state index in [0.717, 1.165) is 64.3 Å². The van der Waals surface area contributed by atoms with E-state index in [4.69, 9.17) is 40.3 Å². The van der Waals surface area contributed by atoms with Crippen LogP contribution in [0.4, 0.5) is 4.39 Å². The van der Waals surface area contributed by atoms with Crippen LogP contribution in [-0.2, 0) is 34.6 Å². The van der Waals surface area contributed by atoms with Gasteiger partial charge in [0.15, 0.2) is 11.5 Å². The highest BCUT2D eigenvalue weighted by molar-refractivity contribution is 6.30. The monoisotopic (exact) mass is 640 g/mol. The summed E-state index contributed by atoms with van der Waals surface area (Å²) in [5, 5.41) is 0.298. The van der Waals surface area contributed by atoms with Crippen molar-refractivity contribution in [1.82, 2.24) is 9.55 Å². The Morgan fingerprint density at radius 1 is 1.07 bits per heavy atom. The Bertz CT molecular complexity index is 2040. The molecule has 8 rings (SSSR count).